The number of carbonyl (C=O) groups is 2. The lowest BCUT2D eigenvalue weighted by molar-refractivity contribution is -0.134. The van der Waals surface area contributed by atoms with Crippen LogP contribution in [0.5, 0.6) is 0 Å². The Morgan fingerprint density at radius 3 is 3.00 bits per heavy atom. The van der Waals surface area contributed by atoms with Gasteiger partial charge < -0.3 is 14.4 Å². The summed E-state index contributed by atoms with van der Waals surface area (Å²) in [5.74, 6) is -0.439. The molecule has 2 fully saturated rings. The average molecular weight is 319 g/mol. The van der Waals surface area contributed by atoms with E-state index in [9.17, 15) is 9.59 Å². The number of nitrogens with zero attached hydrogens (tertiary/aromatic N) is 3. The van der Waals surface area contributed by atoms with E-state index in [0.29, 0.717) is 32.0 Å². The second kappa shape index (κ2) is 6.64. The second-order valence-corrected chi connectivity index (χ2v) is 6.04. The summed E-state index contributed by atoms with van der Waals surface area (Å²) in [6.45, 7) is 3.00. The standard InChI is InChI=1S/C16H21N3O4/c1-18-13-8-19(6-11(15(18)20)9-23-10-13)7-12-4-3-5-14(17-12)16(21)22-2/h3-5,11,13H,6-10H2,1-2H3/t11-,13+/m1/s1. The first kappa shape index (κ1) is 15.9. The minimum absolute atomic E-state index is 0.0544. The zero-order valence-corrected chi connectivity index (χ0v) is 13.4. The van der Waals surface area contributed by atoms with E-state index in [1.54, 1.807) is 17.0 Å². The van der Waals surface area contributed by atoms with Crippen LogP contribution < -0.4 is 0 Å². The zero-order chi connectivity index (χ0) is 16.4. The number of hydrogen-bond donors (Lipinski definition) is 0. The molecule has 1 amide bonds. The van der Waals surface area contributed by atoms with E-state index in [1.807, 2.05) is 13.1 Å². The Labute approximate surface area is 135 Å². The van der Waals surface area contributed by atoms with Crippen LogP contribution in [0.4, 0.5) is 0 Å². The van der Waals surface area contributed by atoms with E-state index < -0.39 is 5.97 Å². The molecule has 2 aliphatic heterocycles. The number of pyridine rings is 1. The lowest BCUT2D eigenvalue weighted by Crippen LogP contribution is -2.43. The minimum Gasteiger partial charge on any atom is -0.464 e. The Kier molecular flexibility index (Phi) is 4.58. The predicted octanol–water partition coefficient (Wildman–Crippen LogP) is 0.157. The fourth-order valence-corrected chi connectivity index (χ4v) is 3.13. The third-order valence-electron chi connectivity index (χ3n) is 4.41. The summed E-state index contributed by atoms with van der Waals surface area (Å²) in [5.41, 5.74) is 1.10. The minimum atomic E-state index is -0.442. The van der Waals surface area contributed by atoms with Crippen LogP contribution in [0.15, 0.2) is 18.2 Å². The molecule has 0 saturated carbocycles. The van der Waals surface area contributed by atoms with Crippen molar-refractivity contribution >= 4 is 11.9 Å². The molecule has 0 aliphatic carbocycles. The van der Waals surface area contributed by atoms with Crippen LogP contribution in [0.2, 0.25) is 0 Å². The normalized spacial score (nSPS) is 25.1. The summed E-state index contributed by atoms with van der Waals surface area (Å²) in [5, 5.41) is 0. The Hall–Kier alpha value is -1.99. The van der Waals surface area contributed by atoms with Gasteiger partial charge in [-0.15, -0.1) is 0 Å². The Morgan fingerprint density at radius 1 is 1.39 bits per heavy atom. The first-order chi connectivity index (χ1) is 11.1. The van der Waals surface area contributed by atoms with Gasteiger partial charge in [0.25, 0.3) is 0 Å². The van der Waals surface area contributed by atoms with Gasteiger partial charge in [-0.2, -0.15) is 0 Å². The SMILES string of the molecule is COC(=O)c1cccc(CN2C[C@@H]3COC[C@H](C2)N(C)C3=O)n1. The van der Waals surface area contributed by atoms with Crippen molar-refractivity contribution in [2.24, 2.45) is 5.92 Å². The number of esters is 1. The maximum absolute atomic E-state index is 12.3. The second-order valence-electron chi connectivity index (χ2n) is 6.04. The molecule has 2 aliphatic rings. The number of fused-ring (bicyclic) bond motifs is 3. The van der Waals surface area contributed by atoms with Gasteiger partial charge >= 0.3 is 5.97 Å². The third-order valence-corrected chi connectivity index (χ3v) is 4.41. The molecule has 7 heteroatoms. The quantitative estimate of drug-likeness (QED) is 0.739. The van der Waals surface area contributed by atoms with Gasteiger partial charge in [0.2, 0.25) is 5.91 Å². The van der Waals surface area contributed by atoms with E-state index >= 15 is 0 Å². The molecule has 0 unspecified atom stereocenters. The highest BCUT2D eigenvalue weighted by atomic mass is 16.5. The number of rotatable bonds is 3. The van der Waals surface area contributed by atoms with Crippen molar-refractivity contribution in [2.45, 2.75) is 12.6 Å². The van der Waals surface area contributed by atoms with Crippen molar-refractivity contribution in [2.75, 3.05) is 40.5 Å². The number of hydrogen-bond acceptors (Lipinski definition) is 6. The molecular weight excluding hydrogens is 298 g/mol. The molecule has 1 aromatic rings. The van der Waals surface area contributed by atoms with Crippen LogP contribution in [0.3, 0.4) is 0 Å². The fourth-order valence-electron chi connectivity index (χ4n) is 3.13. The molecule has 23 heavy (non-hydrogen) atoms. The van der Waals surface area contributed by atoms with Gasteiger partial charge in [0.05, 0.1) is 38.0 Å². The van der Waals surface area contributed by atoms with Crippen molar-refractivity contribution in [1.29, 1.82) is 0 Å². The summed E-state index contributed by atoms with van der Waals surface area (Å²) < 4.78 is 10.3. The van der Waals surface area contributed by atoms with Crippen LogP contribution in [0.1, 0.15) is 16.2 Å². The maximum atomic E-state index is 12.3. The van der Waals surface area contributed by atoms with Crippen LogP contribution in [0, 0.1) is 5.92 Å². The highest BCUT2D eigenvalue weighted by Crippen LogP contribution is 2.20. The highest BCUT2D eigenvalue weighted by molar-refractivity contribution is 5.87. The molecule has 0 N–H and O–H groups in total. The number of ether oxygens (including phenoxy) is 2. The summed E-state index contributed by atoms with van der Waals surface area (Å²) >= 11 is 0. The van der Waals surface area contributed by atoms with E-state index in [2.05, 4.69) is 9.88 Å². The molecule has 3 heterocycles. The number of aromatic nitrogens is 1. The van der Waals surface area contributed by atoms with Crippen LogP contribution in [-0.2, 0) is 20.8 Å². The van der Waals surface area contributed by atoms with Gasteiger partial charge in [0, 0.05) is 26.7 Å². The number of amides is 1. The van der Waals surface area contributed by atoms with Crippen molar-refractivity contribution in [3.05, 3.63) is 29.6 Å². The molecule has 2 saturated heterocycles. The van der Waals surface area contributed by atoms with Gasteiger partial charge in [-0.25, -0.2) is 9.78 Å². The van der Waals surface area contributed by atoms with Gasteiger partial charge in [-0.3, -0.25) is 9.69 Å². The van der Waals surface area contributed by atoms with Gasteiger partial charge in [0.15, 0.2) is 0 Å². The van der Waals surface area contributed by atoms with Gasteiger partial charge in [0.1, 0.15) is 5.69 Å². The fraction of sp³-hybridized carbons (Fsp3) is 0.562. The topological polar surface area (TPSA) is 72.0 Å². The molecule has 0 radical (unpaired) electrons. The Morgan fingerprint density at radius 2 is 2.22 bits per heavy atom. The van der Waals surface area contributed by atoms with Crippen LogP contribution >= 0.6 is 0 Å². The summed E-state index contributed by atoms with van der Waals surface area (Å²) in [6, 6.07) is 5.37. The number of likely N-dealkylation sites (N-methyl/N-ethyl adjacent to an activating group) is 1. The Bertz CT molecular complexity index is 607. The van der Waals surface area contributed by atoms with Crippen molar-refractivity contribution in [1.82, 2.24) is 14.8 Å². The maximum Gasteiger partial charge on any atom is 0.356 e. The van der Waals surface area contributed by atoms with Crippen molar-refractivity contribution in [3.8, 4) is 0 Å². The first-order valence-electron chi connectivity index (χ1n) is 7.69. The zero-order valence-electron chi connectivity index (χ0n) is 13.4. The molecular formula is C16H21N3O4. The summed E-state index contributed by atoms with van der Waals surface area (Å²) in [4.78, 5) is 32.3. The molecule has 2 bridgehead atoms. The lowest BCUT2D eigenvalue weighted by atomic mass is 10.1. The number of carbonyl (C=O) groups excluding carboxylic acids is 2. The average Bonchev–Trinajstić information content (AvgIpc) is 2.73. The highest BCUT2D eigenvalue weighted by Gasteiger charge is 2.37. The van der Waals surface area contributed by atoms with Gasteiger partial charge in [-0.1, -0.05) is 6.07 Å². The Balaban J connectivity index is 1.76. The van der Waals surface area contributed by atoms with E-state index in [0.717, 1.165) is 12.2 Å². The molecule has 124 valence electrons. The molecule has 7 nitrogen and oxygen atoms in total. The van der Waals surface area contributed by atoms with E-state index in [-0.39, 0.29) is 17.9 Å². The van der Waals surface area contributed by atoms with Crippen molar-refractivity contribution in [3.63, 3.8) is 0 Å². The smallest absolute Gasteiger partial charge is 0.356 e. The van der Waals surface area contributed by atoms with Crippen molar-refractivity contribution < 1.29 is 19.1 Å². The van der Waals surface area contributed by atoms with E-state index in [4.69, 9.17) is 9.47 Å². The molecule has 3 rings (SSSR count). The molecule has 0 spiro atoms. The molecule has 1 aromatic heterocycles. The third kappa shape index (κ3) is 3.35. The lowest BCUT2D eigenvalue weighted by Gasteiger charge is -2.29. The summed E-state index contributed by atoms with van der Waals surface area (Å²) in [6.07, 6.45) is 0. The van der Waals surface area contributed by atoms with E-state index in [1.165, 1.54) is 7.11 Å². The first-order valence-corrected chi connectivity index (χ1v) is 7.69. The molecule has 2 atom stereocenters. The predicted molar refractivity (Wildman–Crippen MR) is 81.7 cm³/mol. The number of methoxy groups -OCH3 is 1. The summed E-state index contributed by atoms with van der Waals surface area (Å²) in [7, 11) is 3.18. The van der Waals surface area contributed by atoms with Crippen LogP contribution in [0.25, 0.3) is 0 Å². The largest absolute Gasteiger partial charge is 0.464 e. The van der Waals surface area contributed by atoms with Crippen LogP contribution in [-0.4, -0.2) is 73.2 Å². The monoisotopic (exact) mass is 319 g/mol. The van der Waals surface area contributed by atoms with Gasteiger partial charge in [-0.05, 0) is 12.1 Å². The molecule has 0 aromatic carbocycles.